The number of rotatable bonds is 4. The maximum absolute atomic E-state index is 11.0. The number of hydrogen-bond acceptors (Lipinski definition) is 5. The zero-order valence-corrected chi connectivity index (χ0v) is 14.4. The second kappa shape index (κ2) is 6.85. The van der Waals surface area contributed by atoms with Gasteiger partial charge < -0.3 is 0 Å². The van der Waals surface area contributed by atoms with Crippen LogP contribution in [-0.2, 0) is 0 Å². The van der Waals surface area contributed by atoms with Crippen molar-refractivity contribution >= 4 is 17.0 Å². The third-order valence-corrected chi connectivity index (χ3v) is 4.87. The maximum atomic E-state index is 11.0. The highest BCUT2D eigenvalue weighted by Crippen LogP contribution is 2.35. The van der Waals surface area contributed by atoms with Gasteiger partial charge in [-0.25, -0.2) is 4.98 Å². The van der Waals surface area contributed by atoms with Gasteiger partial charge in [0.05, 0.1) is 10.6 Å². The predicted octanol–water partition coefficient (Wildman–Crippen LogP) is 5.45. The van der Waals surface area contributed by atoms with Crippen LogP contribution < -0.4 is 0 Å². The minimum absolute atomic E-state index is 0.0587. The van der Waals surface area contributed by atoms with Gasteiger partial charge in [0.25, 0.3) is 5.69 Å². The van der Waals surface area contributed by atoms with Crippen LogP contribution in [-0.4, -0.2) is 14.9 Å². The monoisotopic (exact) mass is 359 g/mol. The van der Waals surface area contributed by atoms with Gasteiger partial charge in [0.15, 0.2) is 0 Å². The average Bonchev–Trinajstić information content (AvgIpc) is 3.19. The summed E-state index contributed by atoms with van der Waals surface area (Å²) < 4.78 is 0. The fraction of sp³-hybridized carbons (Fsp3) is 0. The van der Waals surface area contributed by atoms with Crippen molar-refractivity contribution in [2.24, 2.45) is 0 Å². The Kier molecular flexibility index (Phi) is 4.25. The van der Waals surface area contributed by atoms with Gasteiger partial charge in [0.1, 0.15) is 5.01 Å². The lowest BCUT2D eigenvalue weighted by Gasteiger charge is -2.06. The van der Waals surface area contributed by atoms with Crippen LogP contribution in [0.1, 0.15) is 0 Å². The van der Waals surface area contributed by atoms with Crippen LogP contribution in [0.3, 0.4) is 0 Å². The molecular formula is C20H13N3O2S. The highest BCUT2D eigenvalue weighted by Gasteiger charge is 2.14. The largest absolute Gasteiger partial charge is 0.270 e. The van der Waals surface area contributed by atoms with Crippen LogP contribution >= 0.6 is 11.3 Å². The molecular weight excluding hydrogens is 346 g/mol. The molecule has 4 rings (SSSR count). The van der Waals surface area contributed by atoms with Crippen LogP contribution in [0.2, 0.25) is 0 Å². The van der Waals surface area contributed by atoms with Crippen molar-refractivity contribution in [1.82, 2.24) is 9.97 Å². The summed E-state index contributed by atoms with van der Waals surface area (Å²) >= 11 is 1.50. The summed E-state index contributed by atoms with van der Waals surface area (Å²) in [5.74, 6) is 0. The molecule has 0 N–H and O–H groups in total. The molecule has 2 aromatic carbocycles. The first-order chi connectivity index (χ1) is 12.7. The summed E-state index contributed by atoms with van der Waals surface area (Å²) in [6.45, 7) is 0. The standard InChI is InChI=1S/C20H13N3O2S/c24-23(25)16-8-4-7-15(11-16)19-13-26-20(22-19)18-12-21-10-9-17(18)14-5-2-1-3-6-14/h1-13H. The maximum Gasteiger partial charge on any atom is 0.270 e. The van der Waals surface area contributed by atoms with E-state index in [0.29, 0.717) is 0 Å². The van der Waals surface area contributed by atoms with Gasteiger partial charge in [-0.3, -0.25) is 15.1 Å². The van der Waals surface area contributed by atoms with Gasteiger partial charge in [-0.15, -0.1) is 11.3 Å². The van der Waals surface area contributed by atoms with Crippen LogP contribution in [0.4, 0.5) is 5.69 Å². The summed E-state index contributed by atoms with van der Waals surface area (Å²) in [7, 11) is 0. The lowest BCUT2D eigenvalue weighted by Crippen LogP contribution is -1.89. The number of nitro groups is 1. The van der Waals surface area contributed by atoms with Crippen molar-refractivity contribution in [3.8, 4) is 33.0 Å². The first-order valence-corrected chi connectivity index (χ1v) is 8.80. The molecule has 26 heavy (non-hydrogen) atoms. The number of aromatic nitrogens is 2. The summed E-state index contributed by atoms with van der Waals surface area (Å²) in [4.78, 5) is 19.5. The number of thiazole rings is 1. The molecule has 2 aromatic heterocycles. The summed E-state index contributed by atoms with van der Waals surface area (Å²) in [6.07, 6.45) is 3.57. The molecule has 0 radical (unpaired) electrons. The average molecular weight is 359 g/mol. The van der Waals surface area contributed by atoms with Gasteiger partial charge in [-0.1, -0.05) is 42.5 Å². The molecule has 5 nitrogen and oxygen atoms in total. The highest BCUT2D eigenvalue weighted by atomic mass is 32.1. The molecule has 0 aliphatic carbocycles. The quantitative estimate of drug-likeness (QED) is 0.359. The number of nitrogens with zero attached hydrogens (tertiary/aromatic N) is 3. The van der Waals surface area contributed by atoms with Gasteiger partial charge >= 0.3 is 0 Å². The van der Waals surface area contributed by atoms with Crippen LogP contribution in [0.5, 0.6) is 0 Å². The van der Waals surface area contributed by atoms with Crippen LogP contribution in [0.25, 0.3) is 33.0 Å². The topological polar surface area (TPSA) is 68.9 Å². The van der Waals surface area contributed by atoms with E-state index in [9.17, 15) is 10.1 Å². The van der Waals surface area contributed by atoms with Crippen LogP contribution in [0, 0.1) is 10.1 Å². The Balaban J connectivity index is 1.76. The van der Waals surface area contributed by atoms with E-state index in [4.69, 9.17) is 4.98 Å². The van der Waals surface area contributed by atoms with Crippen molar-refractivity contribution in [3.05, 3.63) is 88.6 Å². The zero-order chi connectivity index (χ0) is 17.9. The second-order valence-electron chi connectivity index (χ2n) is 5.63. The molecule has 0 amide bonds. The minimum atomic E-state index is -0.397. The van der Waals surface area contributed by atoms with E-state index in [2.05, 4.69) is 4.98 Å². The molecule has 0 atom stereocenters. The van der Waals surface area contributed by atoms with Crippen LogP contribution in [0.15, 0.2) is 78.4 Å². The molecule has 0 aliphatic heterocycles. The molecule has 0 fully saturated rings. The van der Waals surface area contributed by atoms with Crippen molar-refractivity contribution in [1.29, 1.82) is 0 Å². The number of hydrogen-bond donors (Lipinski definition) is 0. The fourth-order valence-electron chi connectivity index (χ4n) is 2.74. The van der Waals surface area contributed by atoms with E-state index in [0.717, 1.165) is 33.0 Å². The Hall–Kier alpha value is -3.38. The van der Waals surface area contributed by atoms with Crippen molar-refractivity contribution in [3.63, 3.8) is 0 Å². The van der Waals surface area contributed by atoms with Gasteiger partial charge in [0.2, 0.25) is 0 Å². The van der Waals surface area contributed by atoms with Gasteiger partial charge in [0, 0.05) is 41.0 Å². The Bertz CT molecular complexity index is 1080. The van der Waals surface area contributed by atoms with E-state index in [1.807, 2.05) is 47.8 Å². The molecule has 126 valence electrons. The van der Waals surface area contributed by atoms with Crippen molar-refractivity contribution in [2.75, 3.05) is 0 Å². The fourth-order valence-corrected chi connectivity index (χ4v) is 3.60. The Morgan fingerprint density at radius 2 is 1.73 bits per heavy atom. The first-order valence-electron chi connectivity index (χ1n) is 7.92. The summed E-state index contributed by atoms with van der Waals surface area (Å²) in [5.41, 5.74) is 4.60. The van der Waals surface area contributed by atoms with Gasteiger partial charge in [-0.05, 0) is 17.2 Å². The highest BCUT2D eigenvalue weighted by molar-refractivity contribution is 7.13. The predicted molar refractivity (Wildman–Crippen MR) is 103 cm³/mol. The molecule has 6 heteroatoms. The molecule has 0 spiro atoms. The molecule has 0 saturated carbocycles. The number of pyridine rings is 1. The Labute approximate surface area is 153 Å². The summed E-state index contributed by atoms with van der Waals surface area (Å²) in [6, 6.07) is 18.6. The molecule has 4 aromatic rings. The van der Waals surface area contributed by atoms with E-state index < -0.39 is 4.92 Å². The zero-order valence-electron chi connectivity index (χ0n) is 13.6. The summed E-state index contributed by atoms with van der Waals surface area (Å²) in [5, 5.41) is 13.7. The molecule has 0 unspecified atom stereocenters. The van der Waals surface area contributed by atoms with E-state index in [1.165, 1.54) is 17.4 Å². The van der Waals surface area contributed by atoms with E-state index >= 15 is 0 Å². The van der Waals surface area contributed by atoms with Gasteiger partial charge in [-0.2, -0.15) is 0 Å². The van der Waals surface area contributed by atoms with Crippen molar-refractivity contribution < 1.29 is 4.92 Å². The Morgan fingerprint density at radius 3 is 2.54 bits per heavy atom. The lowest BCUT2D eigenvalue weighted by atomic mass is 10.0. The van der Waals surface area contributed by atoms with E-state index in [-0.39, 0.29) is 5.69 Å². The van der Waals surface area contributed by atoms with E-state index in [1.54, 1.807) is 24.5 Å². The number of non-ortho nitro benzene ring substituents is 1. The lowest BCUT2D eigenvalue weighted by molar-refractivity contribution is -0.384. The molecule has 2 heterocycles. The third kappa shape index (κ3) is 3.10. The Morgan fingerprint density at radius 1 is 0.923 bits per heavy atom. The third-order valence-electron chi connectivity index (χ3n) is 3.99. The SMILES string of the molecule is O=[N+]([O-])c1cccc(-c2csc(-c3cnccc3-c3ccccc3)n2)c1. The molecule has 0 bridgehead atoms. The first kappa shape index (κ1) is 16.1. The normalized spacial score (nSPS) is 10.6. The minimum Gasteiger partial charge on any atom is -0.264 e. The molecule has 0 saturated heterocycles. The smallest absolute Gasteiger partial charge is 0.264 e. The number of nitro benzene ring substituents is 1. The number of benzene rings is 2. The molecule has 0 aliphatic rings. The second-order valence-corrected chi connectivity index (χ2v) is 6.49. The van der Waals surface area contributed by atoms with Crippen molar-refractivity contribution in [2.45, 2.75) is 0 Å².